The standard InChI is InChI=1S/C6H12ClN3O/c1-6(4-8,10-9-2)3-5(7)11/h3-4,8H2,1-2H3. The molecule has 0 aliphatic carbocycles. The molecule has 0 fully saturated rings. The molecule has 11 heavy (non-hydrogen) atoms. The molecule has 1 atom stereocenters. The summed E-state index contributed by atoms with van der Waals surface area (Å²) in [5.74, 6) is 0. The van der Waals surface area contributed by atoms with E-state index in [1.165, 1.54) is 7.05 Å². The first-order valence-electron chi connectivity index (χ1n) is 3.23. The molecule has 0 spiro atoms. The smallest absolute Gasteiger partial charge is 0.224 e. The molecule has 0 aromatic carbocycles. The van der Waals surface area contributed by atoms with Crippen LogP contribution in [-0.4, -0.2) is 24.4 Å². The minimum atomic E-state index is -0.631. The van der Waals surface area contributed by atoms with Crippen molar-refractivity contribution in [1.82, 2.24) is 0 Å². The summed E-state index contributed by atoms with van der Waals surface area (Å²) in [6, 6.07) is 0. The number of hydrogen-bond donors (Lipinski definition) is 1. The fourth-order valence-electron chi connectivity index (χ4n) is 0.689. The van der Waals surface area contributed by atoms with Gasteiger partial charge in [-0.3, -0.25) is 4.79 Å². The Hall–Kier alpha value is -0.480. The lowest BCUT2D eigenvalue weighted by Gasteiger charge is -2.18. The van der Waals surface area contributed by atoms with Gasteiger partial charge in [-0.1, -0.05) is 0 Å². The summed E-state index contributed by atoms with van der Waals surface area (Å²) in [5, 5.41) is 6.94. The Bertz CT molecular complexity index is 171. The number of carbonyl (C=O) groups is 1. The highest BCUT2D eigenvalue weighted by Crippen LogP contribution is 2.15. The largest absolute Gasteiger partial charge is 0.328 e. The van der Waals surface area contributed by atoms with E-state index in [0.717, 1.165) is 0 Å². The van der Waals surface area contributed by atoms with Crippen molar-refractivity contribution in [3.8, 4) is 0 Å². The number of nitrogens with zero attached hydrogens (tertiary/aromatic N) is 2. The predicted molar refractivity (Wildman–Crippen MR) is 43.7 cm³/mol. The van der Waals surface area contributed by atoms with E-state index in [1.807, 2.05) is 0 Å². The summed E-state index contributed by atoms with van der Waals surface area (Å²) in [4.78, 5) is 10.5. The van der Waals surface area contributed by atoms with Crippen molar-refractivity contribution >= 4 is 16.8 Å². The van der Waals surface area contributed by atoms with Crippen molar-refractivity contribution in [3.05, 3.63) is 0 Å². The summed E-state index contributed by atoms with van der Waals surface area (Å²) in [6.45, 7) is 2.00. The highest BCUT2D eigenvalue weighted by atomic mass is 35.5. The van der Waals surface area contributed by atoms with Crippen LogP contribution in [0.15, 0.2) is 10.2 Å². The minimum Gasteiger partial charge on any atom is -0.328 e. The zero-order valence-electron chi connectivity index (χ0n) is 6.67. The van der Waals surface area contributed by atoms with Gasteiger partial charge in [-0.15, -0.1) is 0 Å². The van der Waals surface area contributed by atoms with Gasteiger partial charge in [0.15, 0.2) is 0 Å². The van der Waals surface area contributed by atoms with Crippen LogP contribution in [0.3, 0.4) is 0 Å². The Morgan fingerprint density at radius 3 is 2.55 bits per heavy atom. The Kier molecular flexibility index (Phi) is 4.22. The quantitative estimate of drug-likeness (QED) is 0.513. The van der Waals surface area contributed by atoms with Crippen molar-refractivity contribution in [2.24, 2.45) is 16.0 Å². The number of nitrogens with two attached hydrogens (primary N) is 1. The van der Waals surface area contributed by atoms with Gasteiger partial charge in [-0.25, -0.2) is 0 Å². The third-order valence-corrected chi connectivity index (χ3v) is 1.43. The Morgan fingerprint density at radius 1 is 1.73 bits per heavy atom. The van der Waals surface area contributed by atoms with Crippen molar-refractivity contribution in [1.29, 1.82) is 0 Å². The average Bonchev–Trinajstić information content (AvgIpc) is 1.87. The zero-order chi connectivity index (χ0) is 8.91. The molecule has 0 heterocycles. The minimum absolute atomic E-state index is 0.127. The monoisotopic (exact) mass is 177 g/mol. The molecular formula is C6H12ClN3O. The third kappa shape index (κ3) is 4.06. The summed E-state index contributed by atoms with van der Waals surface area (Å²) < 4.78 is 0. The molecule has 0 aromatic rings. The Labute approximate surface area is 70.8 Å². The second-order valence-corrected chi connectivity index (χ2v) is 2.95. The van der Waals surface area contributed by atoms with E-state index in [4.69, 9.17) is 17.3 Å². The van der Waals surface area contributed by atoms with E-state index in [0.29, 0.717) is 0 Å². The number of rotatable bonds is 4. The molecule has 0 bridgehead atoms. The summed E-state index contributed by atoms with van der Waals surface area (Å²) in [5.41, 5.74) is 4.75. The number of azo groups is 1. The normalized spacial score (nSPS) is 16.7. The fourth-order valence-corrected chi connectivity index (χ4v) is 0.977. The number of carbonyl (C=O) groups excluding carboxylic acids is 1. The van der Waals surface area contributed by atoms with E-state index in [1.54, 1.807) is 6.92 Å². The van der Waals surface area contributed by atoms with Crippen molar-refractivity contribution < 1.29 is 4.79 Å². The maximum absolute atomic E-state index is 10.5. The van der Waals surface area contributed by atoms with Crippen LogP contribution in [0, 0.1) is 0 Å². The van der Waals surface area contributed by atoms with Gasteiger partial charge in [-0.2, -0.15) is 10.2 Å². The van der Waals surface area contributed by atoms with Gasteiger partial charge in [0.1, 0.15) is 0 Å². The van der Waals surface area contributed by atoms with Gasteiger partial charge in [0.25, 0.3) is 0 Å². The van der Waals surface area contributed by atoms with E-state index < -0.39 is 10.8 Å². The van der Waals surface area contributed by atoms with E-state index in [-0.39, 0.29) is 13.0 Å². The number of halogens is 1. The lowest BCUT2D eigenvalue weighted by molar-refractivity contribution is -0.112. The first-order chi connectivity index (χ1) is 5.04. The average molecular weight is 178 g/mol. The summed E-state index contributed by atoms with van der Waals surface area (Å²) >= 11 is 5.18. The van der Waals surface area contributed by atoms with E-state index in [9.17, 15) is 4.79 Å². The molecule has 0 rings (SSSR count). The fraction of sp³-hybridized carbons (Fsp3) is 0.833. The van der Waals surface area contributed by atoms with Gasteiger partial charge in [0.2, 0.25) is 5.24 Å². The second-order valence-electron chi connectivity index (χ2n) is 2.53. The SMILES string of the molecule is CN=NC(C)(CN)CC(=O)Cl. The molecular weight excluding hydrogens is 166 g/mol. The lowest BCUT2D eigenvalue weighted by atomic mass is 10.0. The van der Waals surface area contributed by atoms with Crippen LogP contribution in [-0.2, 0) is 4.79 Å². The van der Waals surface area contributed by atoms with Crippen LogP contribution in [0.25, 0.3) is 0 Å². The molecule has 0 aromatic heterocycles. The summed E-state index contributed by atoms with van der Waals surface area (Å²) in [6.07, 6.45) is 0.127. The highest BCUT2D eigenvalue weighted by molar-refractivity contribution is 6.63. The highest BCUT2D eigenvalue weighted by Gasteiger charge is 2.24. The van der Waals surface area contributed by atoms with Crippen LogP contribution < -0.4 is 5.73 Å². The number of hydrogen-bond acceptors (Lipinski definition) is 4. The lowest BCUT2D eigenvalue weighted by Crippen LogP contribution is -2.33. The van der Waals surface area contributed by atoms with E-state index in [2.05, 4.69) is 10.2 Å². The van der Waals surface area contributed by atoms with Gasteiger partial charge in [0, 0.05) is 20.0 Å². The van der Waals surface area contributed by atoms with Gasteiger partial charge in [-0.05, 0) is 18.5 Å². The molecule has 0 aliphatic rings. The van der Waals surface area contributed by atoms with E-state index >= 15 is 0 Å². The predicted octanol–water partition coefficient (Wildman–Crippen LogP) is 0.941. The third-order valence-electron chi connectivity index (χ3n) is 1.30. The van der Waals surface area contributed by atoms with Crippen molar-refractivity contribution in [2.75, 3.05) is 13.6 Å². The topological polar surface area (TPSA) is 67.8 Å². The van der Waals surface area contributed by atoms with Crippen LogP contribution in [0.5, 0.6) is 0 Å². The maximum Gasteiger partial charge on any atom is 0.224 e. The van der Waals surface area contributed by atoms with Gasteiger partial charge in [0.05, 0.1) is 5.54 Å². The first kappa shape index (κ1) is 10.5. The van der Waals surface area contributed by atoms with Crippen molar-refractivity contribution in [3.63, 3.8) is 0 Å². The molecule has 0 radical (unpaired) electrons. The molecule has 64 valence electrons. The van der Waals surface area contributed by atoms with Gasteiger partial charge < -0.3 is 5.73 Å². The molecule has 0 aliphatic heterocycles. The maximum atomic E-state index is 10.5. The van der Waals surface area contributed by atoms with Crippen LogP contribution in [0.2, 0.25) is 0 Å². The second kappa shape index (κ2) is 4.41. The zero-order valence-corrected chi connectivity index (χ0v) is 7.43. The van der Waals surface area contributed by atoms with Gasteiger partial charge >= 0.3 is 0 Å². The van der Waals surface area contributed by atoms with Crippen molar-refractivity contribution in [2.45, 2.75) is 18.9 Å². The Morgan fingerprint density at radius 2 is 2.27 bits per heavy atom. The molecule has 1 unspecified atom stereocenters. The molecule has 0 saturated heterocycles. The Balaban J connectivity index is 4.21. The molecule has 0 amide bonds. The van der Waals surface area contributed by atoms with Crippen LogP contribution in [0.4, 0.5) is 0 Å². The molecule has 2 N–H and O–H groups in total. The summed E-state index contributed by atoms with van der Waals surface area (Å²) in [7, 11) is 1.53. The molecule has 0 saturated carbocycles. The van der Waals surface area contributed by atoms with Crippen LogP contribution in [0.1, 0.15) is 13.3 Å². The van der Waals surface area contributed by atoms with Crippen LogP contribution >= 0.6 is 11.6 Å². The first-order valence-corrected chi connectivity index (χ1v) is 3.61. The molecule has 4 nitrogen and oxygen atoms in total. The molecule has 5 heteroatoms.